The Bertz CT molecular complexity index is 1240. The average Bonchev–Trinajstić information content (AvgIpc) is 3.26. The Morgan fingerprint density at radius 2 is 1.44 bits per heavy atom. The Morgan fingerprint density at radius 3 is 2.08 bits per heavy atom. The van der Waals surface area contributed by atoms with Crippen LogP contribution in [0.2, 0.25) is 10.0 Å². The van der Waals surface area contributed by atoms with Gasteiger partial charge in [0.25, 0.3) is 0 Å². The van der Waals surface area contributed by atoms with Crippen LogP contribution in [0.15, 0.2) is 78.9 Å². The molecule has 0 bridgehead atoms. The number of hydrogen-bond donors (Lipinski definition) is 0. The van der Waals surface area contributed by atoms with Crippen LogP contribution >= 0.6 is 23.2 Å². The Morgan fingerprint density at radius 1 is 0.778 bits per heavy atom. The summed E-state index contributed by atoms with van der Waals surface area (Å²) < 4.78 is 2.45. The predicted octanol–water partition coefficient (Wildman–Crippen LogP) is 9.13. The Labute approximate surface area is 225 Å². The van der Waals surface area contributed by atoms with E-state index in [1.165, 1.54) is 5.69 Å². The Balaban J connectivity index is 1.80. The summed E-state index contributed by atoms with van der Waals surface area (Å²) in [5.74, 6) is 1.04. The number of halogens is 2. The van der Waals surface area contributed by atoms with Gasteiger partial charge in [0, 0.05) is 40.8 Å². The first kappa shape index (κ1) is 26.5. The lowest BCUT2D eigenvalue weighted by molar-refractivity contribution is 0.246. The second kappa shape index (κ2) is 13.1. The van der Waals surface area contributed by atoms with Crippen molar-refractivity contribution in [1.82, 2.24) is 14.5 Å². The highest BCUT2D eigenvalue weighted by Gasteiger charge is 2.22. The maximum absolute atomic E-state index is 6.59. The average molecular weight is 521 g/mol. The molecule has 36 heavy (non-hydrogen) atoms. The van der Waals surface area contributed by atoms with E-state index in [1.54, 1.807) is 0 Å². The van der Waals surface area contributed by atoms with Crippen LogP contribution in [-0.4, -0.2) is 21.0 Å². The molecule has 1 heterocycles. The van der Waals surface area contributed by atoms with Gasteiger partial charge < -0.3 is 4.57 Å². The van der Waals surface area contributed by atoms with Gasteiger partial charge in [-0.2, -0.15) is 0 Å². The topological polar surface area (TPSA) is 21.1 Å². The zero-order chi connectivity index (χ0) is 25.3. The molecule has 188 valence electrons. The van der Waals surface area contributed by atoms with Crippen LogP contribution in [0.4, 0.5) is 0 Å². The largest absolute Gasteiger partial charge is 0.326 e. The van der Waals surface area contributed by atoms with E-state index >= 15 is 0 Å². The van der Waals surface area contributed by atoms with Gasteiger partial charge in [-0.05, 0) is 37.1 Å². The molecular formula is C31H35Cl2N3. The number of aromatic nitrogens is 2. The van der Waals surface area contributed by atoms with E-state index in [4.69, 9.17) is 28.2 Å². The molecule has 1 aromatic heterocycles. The van der Waals surface area contributed by atoms with Crippen molar-refractivity contribution in [2.24, 2.45) is 0 Å². The molecule has 0 fully saturated rings. The first-order chi connectivity index (χ1) is 17.6. The molecule has 0 unspecified atom stereocenters. The van der Waals surface area contributed by atoms with Crippen molar-refractivity contribution in [1.29, 1.82) is 0 Å². The third kappa shape index (κ3) is 6.59. The summed E-state index contributed by atoms with van der Waals surface area (Å²) in [6.45, 7) is 7.98. The SMILES string of the molecule is CCCCN(Cc1ccc(Cl)cc1Cl)Cc1c(-c2ccccc2)nc(-c2ccccc2)n1CCCC. The number of benzene rings is 3. The fourth-order valence-corrected chi connectivity index (χ4v) is 5.01. The van der Waals surface area contributed by atoms with Gasteiger partial charge in [0.15, 0.2) is 0 Å². The number of imidazole rings is 1. The Hall–Kier alpha value is -2.59. The van der Waals surface area contributed by atoms with Crippen molar-refractivity contribution in [3.63, 3.8) is 0 Å². The molecule has 5 heteroatoms. The maximum Gasteiger partial charge on any atom is 0.140 e. The first-order valence-electron chi connectivity index (χ1n) is 13.0. The highest BCUT2D eigenvalue weighted by atomic mass is 35.5. The van der Waals surface area contributed by atoms with Gasteiger partial charge in [-0.25, -0.2) is 4.98 Å². The van der Waals surface area contributed by atoms with Crippen molar-refractivity contribution in [3.8, 4) is 22.6 Å². The molecule has 0 radical (unpaired) electrons. The molecule has 0 saturated carbocycles. The van der Waals surface area contributed by atoms with Crippen molar-refractivity contribution in [3.05, 3.63) is 100 Å². The molecule has 0 aliphatic heterocycles. The summed E-state index contributed by atoms with van der Waals surface area (Å²) in [7, 11) is 0. The lowest BCUT2D eigenvalue weighted by Gasteiger charge is -2.25. The molecule has 0 saturated heterocycles. The minimum atomic E-state index is 0.667. The van der Waals surface area contributed by atoms with Gasteiger partial charge in [0.05, 0.1) is 11.4 Å². The number of hydrogen-bond acceptors (Lipinski definition) is 2. The van der Waals surface area contributed by atoms with E-state index in [9.17, 15) is 0 Å². The highest BCUT2D eigenvalue weighted by Crippen LogP contribution is 2.32. The molecule has 4 aromatic rings. The van der Waals surface area contributed by atoms with E-state index in [-0.39, 0.29) is 0 Å². The molecule has 0 spiro atoms. The van der Waals surface area contributed by atoms with Gasteiger partial charge >= 0.3 is 0 Å². The van der Waals surface area contributed by atoms with Gasteiger partial charge in [0.1, 0.15) is 5.82 Å². The standard InChI is InChI=1S/C31H35Cl2N3/c1-3-5-19-35(22-26-17-18-27(32)21-28(26)33)23-29-30(24-13-9-7-10-14-24)34-31(36(29)20-6-4-2)25-15-11-8-12-16-25/h7-18,21H,3-6,19-20,22-23H2,1-2H3. The molecule has 0 N–H and O–H groups in total. The summed E-state index contributed by atoms with van der Waals surface area (Å²) in [5, 5.41) is 1.39. The van der Waals surface area contributed by atoms with Crippen LogP contribution in [0.3, 0.4) is 0 Å². The fourth-order valence-electron chi connectivity index (χ4n) is 4.54. The van der Waals surface area contributed by atoms with E-state index in [0.717, 1.165) is 85.1 Å². The molecule has 0 aliphatic carbocycles. The van der Waals surface area contributed by atoms with E-state index in [0.29, 0.717) is 5.02 Å². The summed E-state index contributed by atoms with van der Waals surface area (Å²) in [4.78, 5) is 7.77. The van der Waals surface area contributed by atoms with Crippen molar-refractivity contribution >= 4 is 23.2 Å². The summed E-state index contributed by atoms with van der Waals surface area (Å²) in [5.41, 5.74) is 5.73. The molecule has 4 rings (SSSR count). The van der Waals surface area contributed by atoms with E-state index in [2.05, 4.69) is 84.0 Å². The summed E-state index contributed by atoms with van der Waals surface area (Å²) in [6, 6.07) is 26.9. The normalized spacial score (nSPS) is 11.4. The molecular weight excluding hydrogens is 485 g/mol. The molecule has 0 aliphatic rings. The lowest BCUT2D eigenvalue weighted by atomic mass is 10.1. The van der Waals surface area contributed by atoms with Gasteiger partial charge in [-0.3, -0.25) is 4.90 Å². The summed E-state index contributed by atoms with van der Waals surface area (Å²) >= 11 is 12.8. The number of nitrogens with zero attached hydrogens (tertiary/aromatic N) is 3. The summed E-state index contributed by atoms with van der Waals surface area (Å²) in [6.07, 6.45) is 4.50. The molecule has 0 atom stereocenters. The smallest absolute Gasteiger partial charge is 0.140 e. The Kier molecular flexibility index (Phi) is 9.63. The van der Waals surface area contributed by atoms with Crippen LogP contribution in [0.5, 0.6) is 0 Å². The first-order valence-corrected chi connectivity index (χ1v) is 13.7. The second-order valence-electron chi connectivity index (χ2n) is 9.27. The molecule has 3 aromatic carbocycles. The van der Waals surface area contributed by atoms with Crippen LogP contribution in [0.25, 0.3) is 22.6 Å². The monoisotopic (exact) mass is 519 g/mol. The highest BCUT2D eigenvalue weighted by molar-refractivity contribution is 6.35. The van der Waals surface area contributed by atoms with E-state index in [1.807, 2.05) is 18.2 Å². The van der Waals surface area contributed by atoms with E-state index < -0.39 is 0 Å². The fraction of sp³-hybridized carbons (Fsp3) is 0.323. The van der Waals surface area contributed by atoms with Crippen molar-refractivity contribution < 1.29 is 0 Å². The van der Waals surface area contributed by atoms with Crippen LogP contribution in [0, 0.1) is 0 Å². The van der Waals surface area contributed by atoms with Crippen LogP contribution in [0.1, 0.15) is 50.8 Å². The van der Waals surface area contributed by atoms with Crippen LogP contribution in [-0.2, 0) is 19.6 Å². The van der Waals surface area contributed by atoms with Crippen molar-refractivity contribution in [2.45, 2.75) is 59.2 Å². The number of rotatable bonds is 12. The zero-order valence-electron chi connectivity index (χ0n) is 21.3. The lowest BCUT2D eigenvalue weighted by Crippen LogP contribution is -2.26. The third-order valence-electron chi connectivity index (χ3n) is 6.50. The third-order valence-corrected chi connectivity index (χ3v) is 7.08. The van der Waals surface area contributed by atoms with Gasteiger partial charge in [0.2, 0.25) is 0 Å². The minimum Gasteiger partial charge on any atom is -0.326 e. The number of unbranched alkanes of at least 4 members (excludes halogenated alkanes) is 2. The maximum atomic E-state index is 6.59. The van der Waals surface area contributed by atoms with Crippen LogP contribution < -0.4 is 0 Å². The zero-order valence-corrected chi connectivity index (χ0v) is 22.8. The molecule has 3 nitrogen and oxygen atoms in total. The van der Waals surface area contributed by atoms with Crippen molar-refractivity contribution in [2.75, 3.05) is 6.54 Å². The molecule has 0 amide bonds. The quantitative estimate of drug-likeness (QED) is 0.186. The second-order valence-corrected chi connectivity index (χ2v) is 10.1. The minimum absolute atomic E-state index is 0.667. The predicted molar refractivity (Wildman–Crippen MR) is 153 cm³/mol. The van der Waals surface area contributed by atoms with Gasteiger partial charge in [-0.15, -0.1) is 0 Å². The van der Waals surface area contributed by atoms with Gasteiger partial charge in [-0.1, -0.05) is 117 Å².